The summed E-state index contributed by atoms with van der Waals surface area (Å²) in [5.74, 6) is 1.69. The first kappa shape index (κ1) is 15.4. The Balaban J connectivity index is 1.94. The third-order valence-electron chi connectivity index (χ3n) is 3.88. The molecule has 1 N–H and O–H groups in total. The molecule has 3 heteroatoms. The van der Waals surface area contributed by atoms with E-state index in [0.29, 0.717) is 6.04 Å². The van der Waals surface area contributed by atoms with Crippen LogP contribution < -0.4 is 5.32 Å². The zero-order valence-corrected chi connectivity index (χ0v) is 14.7. The molecule has 1 aromatic carbocycles. The molecule has 2 rings (SSSR count). The summed E-state index contributed by atoms with van der Waals surface area (Å²) in [6.07, 6.45) is 6.67. The molecule has 0 amide bonds. The van der Waals surface area contributed by atoms with Gasteiger partial charge in [0.1, 0.15) is 0 Å². The molecule has 0 aromatic heterocycles. The van der Waals surface area contributed by atoms with E-state index in [-0.39, 0.29) is 0 Å². The molecule has 2 unspecified atom stereocenters. The molecule has 106 valence electrons. The molecule has 0 heterocycles. The Morgan fingerprint density at radius 1 is 1.37 bits per heavy atom. The highest BCUT2D eigenvalue weighted by Gasteiger charge is 2.22. The van der Waals surface area contributed by atoms with E-state index >= 15 is 0 Å². The minimum atomic E-state index is 0.593. The number of halogens is 2. The van der Waals surface area contributed by atoms with Crippen LogP contribution in [0.1, 0.15) is 46.0 Å². The fourth-order valence-corrected chi connectivity index (χ4v) is 4.04. The Bertz CT molecular complexity index is 419. The fourth-order valence-electron chi connectivity index (χ4n) is 3.13. The van der Waals surface area contributed by atoms with E-state index in [9.17, 15) is 0 Å². The number of rotatable bonds is 4. The first-order chi connectivity index (χ1) is 9.04. The Morgan fingerprint density at radius 2 is 2.16 bits per heavy atom. The molecule has 0 spiro atoms. The molecule has 1 saturated carbocycles. The lowest BCUT2D eigenvalue weighted by Gasteiger charge is -2.31. The zero-order chi connectivity index (χ0) is 13.8. The molecule has 1 fully saturated rings. The van der Waals surface area contributed by atoms with Gasteiger partial charge in [-0.05, 0) is 71.9 Å². The highest BCUT2D eigenvalue weighted by molar-refractivity contribution is 14.1. The van der Waals surface area contributed by atoms with Gasteiger partial charge in [0.2, 0.25) is 0 Å². The molecule has 1 aromatic rings. The van der Waals surface area contributed by atoms with Crippen LogP contribution in [0.4, 0.5) is 5.69 Å². The molecule has 2 atom stereocenters. The first-order valence-electron chi connectivity index (χ1n) is 7.26. The summed E-state index contributed by atoms with van der Waals surface area (Å²) in [5, 5.41) is 4.49. The Hall–Kier alpha value is 0.0400. The van der Waals surface area contributed by atoms with Crippen LogP contribution >= 0.6 is 34.2 Å². The number of nitrogens with one attached hydrogen (secondary N) is 1. The standard InChI is InChI=1S/C16H23ClIN/c1-11(2)8-12-4-3-5-14(9-12)19-16-7-6-13(18)10-15(16)17/h6-7,10-12,14,19H,3-5,8-9H2,1-2H3. The second kappa shape index (κ2) is 7.16. The molecule has 1 aliphatic rings. The van der Waals surface area contributed by atoms with Crippen LogP contribution in [0.15, 0.2) is 18.2 Å². The predicted octanol–water partition coefficient (Wildman–Crippen LogP) is 5.96. The lowest BCUT2D eigenvalue weighted by molar-refractivity contribution is 0.289. The number of anilines is 1. The highest BCUT2D eigenvalue weighted by Crippen LogP contribution is 2.32. The van der Waals surface area contributed by atoms with Crippen molar-refractivity contribution in [3.63, 3.8) is 0 Å². The minimum Gasteiger partial charge on any atom is -0.381 e. The van der Waals surface area contributed by atoms with Gasteiger partial charge in [-0.15, -0.1) is 0 Å². The SMILES string of the molecule is CC(C)CC1CCCC(Nc2ccc(I)cc2Cl)C1. The predicted molar refractivity (Wildman–Crippen MR) is 93.0 cm³/mol. The third kappa shape index (κ3) is 4.82. The largest absolute Gasteiger partial charge is 0.381 e. The van der Waals surface area contributed by atoms with Crippen LogP contribution in [0.5, 0.6) is 0 Å². The maximum absolute atomic E-state index is 6.30. The summed E-state index contributed by atoms with van der Waals surface area (Å²) in [7, 11) is 0. The summed E-state index contributed by atoms with van der Waals surface area (Å²) >= 11 is 8.60. The second-order valence-corrected chi connectivity index (χ2v) is 7.78. The molecule has 19 heavy (non-hydrogen) atoms. The Morgan fingerprint density at radius 3 is 2.84 bits per heavy atom. The van der Waals surface area contributed by atoms with Crippen molar-refractivity contribution in [1.82, 2.24) is 0 Å². The van der Waals surface area contributed by atoms with Gasteiger partial charge < -0.3 is 5.32 Å². The Kier molecular flexibility index (Phi) is 5.82. The Labute approximate surface area is 135 Å². The molecule has 0 aliphatic heterocycles. The van der Waals surface area contributed by atoms with Crippen LogP contribution in [0, 0.1) is 15.4 Å². The van der Waals surface area contributed by atoms with Crippen molar-refractivity contribution < 1.29 is 0 Å². The van der Waals surface area contributed by atoms with Crippen LogP contribution in [0.3, 0.4) is 0 Å². The first-order valence-corrected chi connectivity index (χ1v) is 8.72. The van der Waals surface area contributed by atoms with E-state index in [1.54, 1.807) is 0 Å². The van der Waals surface area contributed by atoms with Gasteiger partial charge in [-0.3, -0.25) is 0 Å². The van der Waals surface area contributed by atoms with Gasteiger partial charge in [0.05, 0.1) is 10.7 Å². The van der Waals surface area contributed by atoms with Gasteiger partial charge in [-0.25, -0.2) is 0 Å². The van der Waals surface area contributed by atoms with Crippen molar-refractivity contribution in [3.8, 4) is 0 Å². The summed E-state index contributed by atoms with van der Waals surface area (Å²) in [6.45, 7) is 4.65. The van der Waals surface area contributed by atoms with Crippen molar-refractivity contribution in [2.24, 2.45) is 11.8 Å². The summed E-state index contributed by atoms with van der Waals surface area (Å²) in [5.41, 5.74) is 1.09. The van der Waals surface area contributed by atoms with E-state index in [1.807, 2.05) is 6.07 Å². The van der Waals surface area contributed by atoms with E-state index in [0.717, 1.165) is 22.5 Å². The van der Waals surface area contributed by atoms with E-state index in [4.69, 9.17) is 11.6 Å². The molecule has 0 bridgehead atoms. The topological polar surface area (TPSA) is 12.0 Å². The zero-order valence-electron chi connectivity index (χ0n) is 11.8. The van der Waals surface area contributed by atoms with Gasteiger partial charge in [0.15, 0.2) is 0 Å². The molecule has 0 radical (unpaired) electrons. The van der Waals surface area contributed by atoms with E-state index in [1.165, 1.54) is 35.7 Å². The maximum atomic E-state index is 6.30. The summed E-state index contributed by atoms with van der Waals surface area (Å²) in [4.78, 5) is 0. The van der Waals surface area contributed by atoms with Gasteiger partial charge in [-0.1, -0.05) is 38.3 Å². The van der Waals surface area contributed by atoms with E-state index < -0.39 is 0 Å². The van der Waals surface area contributed by atoms with Crippen LogP contribution in [0.25, 0.3) is 0 Å². The number of hydrogen-bond donors (Lipinski definition) is 1. The number of benzene rings is 1. The molecular formula is C16H23ClIN. The quantitative estimate of drug-likeness (QED) is 0.624. The van der Waals surface area contributed by atoms with Gasteiger partial charge >= 0.3 is 0 Å². The van der Waals surface area contributed by atoms with Gasteiger partial charge in [0, 0.05) is 9.61 Å². The van der Waals surface area contributed by atoms with Crippen molar-refractivity contribution >= 4 is 39.9 Å². The average Bonchev–Trinajstić information content (AvgIpc) is 2.32. The monoisotopic (exact) mass is 391 g/mol. The van der Waals surface area contributed by atoms with Gasteiger partial charge in [-0.2, -0.15) is 0 Å². The van der Waals surface area contributed by atoms with Crippen molar-refractivity contribution in [1.29, 1.82) is 0 Å². The number of hydrogen-bond acceptors (Lipinski definition) is 1. The lowest BCUT2D eigenvalue weighted by atomic mass is 9.81. The highest BCUT2D eigenvalue weighted by atomic mass is 127. The van der Waals surface area contributed by atoms with E-state index in [2.05, 4.69) is 53.9 Å². The molecule has 0 saturated heterocycles. The molecular weight excluding hydrogens is 369 g/mol. The smallest absolute Gasteiger partial charge is 0.0648 e. The lowest BCUT2D eigenvalue weighted by Crippen LogP contribution is -2.28. The van der Waals surface area contributed by atoms with Crippen molar-refractivity contribution in [3.05, 3.63) is 26.8 Å². The normalized spacial score (nSPS) is 23.6. The molecule has 1 aliphatic carbocycles. The van der Waals surface area contributed by atoms with Crippen LogP contribution in [-0.4, -0.2) is 6.04 Å². The van der Waals surface area contributed by atoms with Crippen LogP contribution in [0.2, 0.25) is 5.02 Å². The van der Waals surface area contributed by atoms with Crippen molar-refractivity contribution in [2.75, 3.05) is 5.32 Å². The van der Waals surface area contributed by atoms with Crippen LogP contribution in [-0.2, 0) is 0 Å². The second-order valence-electron chi connectivity index (χ2n) is 6.13. The third-order valence-corrected chi connectivity index (χ3v) is 4.86. The molecule has 1 nitrogen and oxygen atoms in total. The van der Waals surface area contributed by atoms with Crippen molar-refractivity contribution in [2.45, 2.75) is 52.0 Å². The summed E-state index contributed by atoms with van der Waals surface area (Å²) in [6, 6.07) is 6.84. The van der Waals surface area contributed by atoms with Gasteiger partial charge in [0.25, 0.3) is 0 Å². The average molecular weight is 392 g/mol. The summed E-state index contributed by atoms with van der Waals surface area (Å²) < 4.78 is 1.19. The maximum Gasteiger partial charge on any atom is 0.0648 e. The fraction of sp³-hybridized carbons (Fsp3) is 0.625. The minimum absolute atomic E-state index is 0.593.